The van der Waals surface area contributed by atoms with E-state index in [0.29, 0.717) is 0 Å². The van der Waals surface area contributed by atoms with Crippen LogP contribution in [0.25, 0.3) is 0 Å². The number of aryl methyl sites for hydroxylation is 1. The van der Waals surface area contributed by atoms with E-state index in [4.69, 9.17) is 21.1 Å². The Morgan fingerprint density at radius 3 is 2.76 bits per heavy atom. The van der Waals surface area contributed by atoms with Gasteiger partial charge in [-0.25, -0.2) is 0 Å². The van der Waals surface area contributed by atoms with E-state index < -0.39 is 0 Å². The number of methoxy groups -OCH3 is 1. The van der Waals surface area contributed by atoms with E-state index in [1.807, 2.05) is 25.1 Å². The fraction of sp³-hybridized carbons (Fsp3) is 0.538. The minimum atomic E-state index is 0.742. The number of quaternary nitrogens is 1. The normalized spacial score (nSPS) is 10.5. The summed E-state index contributed by atoms with van der Waals surface area (Å²) in [6, 6.07) is 5.70. The van der Waals surface area contributed by atoms with E-state index in [9.17, 15) is 0 Å². The van der Waals surface area contributed by atoms with Gasteiger partial charge in [-0.15, -0.1) is 0 Å². The van der Waals surface area contributed by atoms with Crippen LogP contribution in [0.3, 0.4) is 0 Å². The van der Waals surface area contributed by atoms with E-state index in [2.05, 4.69) is 5.32 Å². The third kappa shape index (κ3) is 5.91. The van der Waals surface area contributed by atoms with Crippen LogP contribution in [-0.4, -0.2) is 33.4 Å². The van der Waals surface area contributed by atoms with Crippen molar-refractivity contribution in [3.05, 3.63) is 28.8 Å². The molecule has 3 nitrogen and oxygen atoms in total. The maximum absolute atomic E-state index is 5.88. The van der Waals surface area contributed by atoms with Crippen molar-refractivity contribution >= 4 is 11.6 Å². The van der Waals surface area contributed by atoms with Crippen LogP contribution in [0, 0.1) is 6.92 Å². The van der Waals surface area contributed by atoms with Crippen LogP contribution in [0.15, 0.2) is 18.2 Å². The summed E-state index contributed by atoms with van der Waals surface area (Å²) in [6.45, 7) is 5.63. The first kappa shape index (κ1) is 14.3. The monoisotopic (exact) mass is 258 g/mol. The third-order valence-corrected chi connectivity index (χ3v) is 2.71. The van der Waals surface area contributed by atoms with E-state index >= 15 is 0 Å². The van der Waals surface area contributed by atoms with Gasteiger partial charge in [0.2, 0.25) is 0 Å². The van der Waals surface area contributed by atoms with Gasteiger partial charge in [-0.2, -0.15) is 0 Å². The van der Waals surface area contributed by atoms with Gasteiger partial charge < -0.3 is 14.8 Å². The molecule has 0 heterocycles. The lowest BCUT2D eigenvalue weighted by atomic mass is 10.2. The lowest BCUT2D eigenvalue weighted by Gasteiger charge is -2.08. The molecule has 1 aromatic rings. The highest BCUT2D eigenvalue weighted by Crippen LogP contribution is 2.21. The molecule has 0 fully saturated rings. The predicted molar refractivity (Wildman–Crippen MR) is 69.8 cm³/mol. The number of halogens is 1. The SMILES string of the molecule is COCC[NH2+]CCCOc1ccc(Cl)cc1C. The molecular formula is C13H21ClNO2+. The molecule has 0 aliphatic heterocycles. The van der Waals surface area contributed by atoms with Gasteiger partial charge in [0.25, 0.3) is 0 Å². The van der Waals surface area contributed by atoms with Gasteiger partial charge in [-0.3, -0.25) is 0 Å². The van der Waals surface area contributed by atoms with Crippen molar-refractivity contribution in [2.45, 2.75) is 13.3 Å². The molecule has 0 bridgehead atoms. The first-order valence-electron chi connectivity index (χ1n) is 5.93. The Balaban J connectivity index is 2.14. The van der Waals surface area contributed by atoms with Crippen LogP contribution in [-0.2, 0) is 4.74 Å². The number of rotatable bonds is 8. The van der Waals surface area contributed by atoms with Gasteiger partial charge in [0.05, 0.1) is 26.3 Å². The summed E-state index contributed by atoms with van der Waals surface area (Å²) >= 11 is 5.88. The van der Waals surface area contributed by atoms with Crippen LogP contribution in [0.1, 0.15) is 12.0 Å². The molecule has 0 aliphatic carbocycles. The van der Waals surface area contributed by atoms with Gasteiger partial charge in [0.15, 0.2) is 0 Å². The van der Waals surface area contributed by atoms with Crippen LogP contribution < -0.4 is 10.1 Å². The summed E-state index contributed by atoms with van der Waals surface area (Å²) < 4.78 is 10.7. The highest BCUT2D eigenvalue weighted by Gasteiger charge is 2.00. The molecule has 0 unspecified atom stereocenters. The van der Waals surface area contributed by atoms with E-state index in [-0.39, 0.29) is 0 Å². The second kappa shape index (κ2) is 8.34. The summed E-state index contributed by atoms with van der Waals surface area (Å²) in [5.74, 6) is 0.922. The first-order valence-corrected chi connectivity index (χ1v) is 6.31. The van der Waals surface area contributed by atoms with Crippen LogP contribution in [0.2, 0.25) is 5.02 Å². The standard InChI is InChI=1S/C13H20ClNO2/c1-11-10-12(14)4-5-13(11)17-8-3-6-15-7-9-16-2/h4-5,10,15H,3,6-9H2,1-2H3/p+1. The molecule has 0 saturated heterocycles. The van der Waals surface area contributed by atoms with Crippen LogP contribution in [0.5, 0.6) is 5.75 Å². The Hall–Kier alpha value is -0.770. The van der Waals surface area contributed by atoms with Gasteiger partial charge in [-0.05, 0) is 30.7 Å². The molecule has 4 heteroatoms. The zero-order valence-corrected chi connectivity index (χ0v) is 11.3. The van der Waals surface area contributed by atoms with Gasteiger partial charge in [0, 0.05) is 18.6 Å². The molecule has 1 rings (SSSR count). The summed E-state index contributed by atoms with van der Waals surface area (Å²) in [4.78, 5) is 0. The first-order chi connectivity index (χ1) is 8.24. The molecule has 0 aromatic heterocycles. The lowest BCUT2D eigenvalue weighted by Crippen LogP contribution is -2.85. The topological polar surface area (TPSA) is 35.1 Å². The summed E-state index contributed by atoms with van der Waals surface area (Å²) in [7, 11) is 1.72. The largest absolute Gasteiger partial charge is 0.493 e. The molecule has 0 atom stereocenters. The minimum Gasteiger partial charge on any atom is -0.493 e. The van der Waals surface area contributed by atoms with E-state index in [1.165, 1.54) is 0 Å². The summed E-state index contributed by atoms with van der Waals surface area (Å²) in [5.41, 5.74) is 1.08. The van der Waals surface area contributed by atoms with Crippen molar-refractivity contribution in [3.8, 4) is 5.75 Å². The van der Waals surface area contributed by atoms with Gasteiger partial charge in [0.1, 0.15) is 5.75 Å². The molecule has 96 valence electrons. The average Bonchev–Trinajstić information content (AvgIpc) is 2.30. The predicted octanol–water partition coefficient (Wildman–Crippen LogP) is 1.63. The van der Waals surface area contributed by atoms with Gasteiger partial charge >= 0.3 is 0 Å². The molecule has 0 amide bonds. The summed E-state index contributed by atoms with van der Waals surface area (Å²) in [6.07, 6.45) is 1.03. The highest BCUT2D eigenvalue weighted by molar-refractivity contribution is 6.30. The fourth-order valence-electron chi connectivity index (χ4n) is 1.53. The second-order valence-electron chi connectivity index (χ2n) is 3.97. The third-order valence-electron chi connectivity index (χ3n) is 2.47. The molecule has 0 aliphatic rings. The van der Waals surface area contributed by atoms with E-state index in [1.54, 1.807) is 7.11 Å². The Morgan fingerprint density at radius 1 is 1.24 bits per heavy atom. The molecular weight excluding hydrogens is 238 g/mol. The molecule has 1 aromatic carbocycles. The fourth-order valence-corrected chi connectivity index (χ4v) is 1.76. The number of nitrogens with two attached hydrogens (primary N) is 1. The Bertz CT molecular complexity index is 331. The molecule has 2 N–H and O–H groups in total. The zero-order valence-electron chi connectivity index (χ0n) is 10.5. The van der Waals surface area contributed by atoms with Crippen LogP contribution in [0.4, 0.5) is 0 Å². The van der Waals surface area contributed by atoms with Crippen LogP contribution >= 0.6 is 11.6 Å². The van der Waals surface area contributed by atoms with Gasteiger partial charge in [-0.1, -0.05) is 11.6 Å². The Kier molecular flexibility index (Phi) is 7.01. The molecule has 0 spiro atoms. The second-order valence-corrected chi connectivity index (χ2v) is 4.41. The molecule has 17 heavy (non-hydrogen) atoms. The quantitative estimate of drug-likeness (QED) is 0.720. The maximum Gasteiger partial charge on any atom is 0.122 e. The van der Waals surface area contributed by atoms with Crippen molar-refractivity contribution < 1.29 is 14.8 Å². The molecule has 0 saturated carbocycles. The molecule has 0 radical (unpaired) electrons. The lowest BCUT2D eigenvalue weighted by molar-refractivity contribution is -0.656. The maximum atomic E-state index is 5.88. The number of hydrogen-bond donors (Lipinski definition) is 1. The Labute approximate surface area is 108 Å². The minimum absolute atomic E-state index is 0.742. The summed E-state index contributed by atoms with van der Waals surface area (Å²) in [5, 5.41) is 2.99. The van der Waals surface area contributed by atoms with Crippen molar-refractivity contribution in [2.24, 2.45) is 0 Å². The van der Waals surface area contributed by atoms with Crippen molar-refractivity contribution in [3.63, 3.8) is 0 Å². The average molecular weight is 259 g/mol. The number of hydrogen-bond acceptors (Lipinski definition) is 2. The van der Waals surface area contributed by atoms with Crippen molar-refractivity contribution in [1.29, 1.82) is 0 Å². The highest BCUT2D eigenvalue weighted by atomic mass is 35.5. The Morgan fingerprint density at radius 2 is 2.06 bits per heavy atom. The van der Waals surface area contributed by atoms with E-state index in [0.717, 1.165) is 49.1 Å². The number of ether oxygens (including phenoxy) is 2. The zero-order chi connectivity index (χ0) is 12.5. The number of benzene rings is 1. The van der Waals surface area contributed by atoms with Crippen molar-refractivity contribution in [2.75, 3.05) is 33.4 Å². The smallest absolute Gasteiger partial charge is 0.122 e. The van der Waals surface area contributed by atoms with Crippen molar-refractivity contribution in [1.82, 2.24) is 0 Å².